The van der Waals surface area contributed by atoms with Crippen molar-refractivity contribution in [3.05, 3.63) is 18.2 Å². The zero-order valence-electron chi connectivity index (χ0n) is 9.66. The molecule has 0 atom stereocenters. The van der Waals surface area contributed by atoms with E-state index in [1.807, 2.05) is 23.9 Å². The van der Waals surface area contributed by atoms with Crippen molar-refractivity contribution in [2.24, 2.45) is 5.73 Å². The maximum atomic E-state index is 5.60. The predicted octanol–water partition coefficient (Wildman–Crippen LogP) is 2.63. The van der Waals surface area contributed by atoms with Gasteiger partial charge in [0.05, 0.1) is 0 Å². The summed E-state index contributed by atoms with van der Waals surface area (Å²) in [5.74, 6) is 1.68. The van der Waals surface area contributed by atoms with Crippen molar-refractivity contribution in [2.45, 2.75) is 29.9 Å². The lowest BCUT2D eigenvalue weighted by molar-refractivity contribution is 0.174. The van der Waals surface area contributed by atoms with Gasteiger partial charge in [0.2, 0.25) is 6.79 Å². The van der Waals surface area contributed by atoms with Crippen LogP contribution in [0.4, 0.5) is 0 Å². The highest BCUT2D eigenvalue weighted by molar-refractivity contribution is 8.00. The van der Waals surface area contributed by atoms with E-state index in [4.69, 9.17) is 15.2 Å². The summed E-state index contributed by atoms with van der Waals surface area (Å²) in [6, 6.07) is 6.06. The average Bonchev–Trinajstić information content (AvgIpc) is 2.63. The van der Waals surface area contributed by atoms with E-state index >= 15 is 0 Å². The number of thioether (sulfide) groups is 1. The van der Waals surface area contributed by atoms with Crippen LogP contribution in [-0.2, 0) is 0 Å². The van der Waals surface area contributed by atoms with Crippen LogP contribution in [0, 0.1) is 0 Å². The first-order chi connectivity index (χ1) is 7.61. The predicted molar refractivity (Wildman–Crippen MR) is 66.2 cm³/mol. The summed E-state index contributed by atoms with van der Waals surface area (Å²) in [6.45, 7) is 5.45. The molecule has 1 aliphatic rings. The van der Waals surface area contributed by atoms with Gasteiger partial charge in [-0.2, -0.15) is 0 Å². The van der Waals surface area contributed by atoms with Crippen molar-refractivity contribution in [1.82, 2.24) is 0 Å². The largest absolute Gasteiger partial charge is 0.454 e. The van der Waals surface area contributed by atoms with Gasteiger partial charge in [0.25, 0.3) is 0 Å². The minimum absolute atomic E-state index is 0.155. The van der Waals surface area contributed by atoms with Crippen molar-refractivity contribution in [3.63, 3.8) is 0 Å². The highest BCUT2D eigenvalue weighted by Crippen LogP contribution is 2.40. The van der Waals surface area contributed by atoms with Crippen LogP contribution in [-0.4, -0.2) is 18.1 Å². The second-order valence-corrected chi connectivity index (χ2v) is 6.20. The number of fused-ring (bicyclic) bond motifs is 1. The molecular weight excluding hydrogens is 222 g/mol. The second-order valence-electron chi connectivity index (χ2n) is 4.42. The fourth-order valence-corrected chi connectivity index (χ4v) is 2.82. The number of rotatable bonds is 4. The molecule has 2 N–H and O–H groups in total. The Morgan fingerprint density at radius 3 is 2.81 bits per heavy atom. The molecule has 0 aliphatic carbocycles. The number of ether oxygens (including phenoxy) is 2. The number of hydrogen-bond acceptors (Lipinski definition) is 4. The Morgan fingerprint density at radius 2 is 2.06 bits per heavy atom. The third-order valence-corrected chi connectivity index (χ3v) is 3.73. The molecule has 16 heavy (non-hydrogen) atoms. The molecule has 0 saturated heterocycles. The summed E-state index contributed by atoms with van der Waals surface area (Å²) in [5.41, 5.74) is 5.60. The molecule has 3 nitrogen and oxygen atoms in total. The Kier molecular flexibility index (Phi) is 3.30. The number of nitrogens with two attached hydrogens (primary N) is 1. The van der Waals surface area contributed by atoms with Crippen molar-refractivity contribution in [2.75, 3.05) is 13.3 Å². The maximum absolute atomic E-state index is 5.60. The average molecular weight is 239 g/mol. The van der Waals surface area contributed by atoms with E-state index in [1.165, 1.54) is 4.90 Å². The molecule has 0 fully saturated rings. The fourth-order valence-electron chi connectivity index (χ4n) is 1.66. The lowest BCUT2D eigenvalue weighted by Crippen LogP contribution is -2.19. The summed E-state index contributed by atoms with van der Waals surface area (Å²) >= 11 is 1.82. The van der Waals surface area contributed by atoms with Gasteiger partial charge >= 0.3 is 0 Å². The quantitative estimate of drug-likeness (QED) is 0.820. The Balaban J connectivity index is 2.10. The van der Waals surface area contributed by atoms with Gasteiger partial charge in [0.1, 0.15) is 0 Å². The van der Waals surface area contributed by atoms with Crippen LogP contribution in [0.15, 0.2) is 23.1 Å². The molecular formula is C12H17NO2S. The fraction of sp³-hybridized carbons (Fsp3) is 0.500. The first kappa shape index (κ1) is 11.6. The van der Waals surface area contributed by atoms with E-state index in [-0.39, 0.29) is 4.75 Å². The third-order valence-electron chi connectivity index (χ3n) is 2.48. The van der Waals surface area contributed by atoms with Gasteiger partial charge in [-0.1, -0.05) is 13.8 Å². The van der Waals surface area contributed by atoms with Gasteiger partial charge in [-0.05, 0) is 31.2 Å². The molecule has 1 aromatic carbocycles. The molecule has 0 radical (unpaired) electrons. The normalized spacial score (nSPS) is 14.2. The van der Waals surface area contributed by atoms with E-state index in [2.05, 4.69) is 19.9 Å². The topological polar surface area (TPSA) is 44.5 Å². The number of benzene rings is 1. The molecule has 0 bridgehead atoms. The van der Waals surface area contributed by atoms with Crippen LogP contribution < -0.4 is 15.2 Å². The van der Waals surface area contributed by atoms with Crippen molar-refractivity contribution >= 4 is 11.8 Å². The van der Waals surface area contributed by atoms with Crippen molar-refractivity contribution in [1.29, 1.82) is 0 Å². The van der Waals surface area contributed by atoms with Gasteiger partial charge in [0.15, 0.2) is 11.5 Å². The van der Waals surface area contributed by atoms with Gasteiger partial charge in [-0.25, -0.2) is 0 Å². The van der Waals surface area contributed by atoms with E-state index in [0.29, 0.717) is 13.3 Å². The molecule has 2 rings (SSSR count). The SMILES string of the molecule is CC(C)(CCN)Sc1ccc2c(c1)OCO2. The zero-order chi connectivity index (χ0) is 11.6. The monoisotopic (exact) mass is 239 g/mol. The highest BCUT2D eigenvalue weighted by Gasteiger charge is 2.20. The van der Waals surface area contributed by atoms with Crippen LogP contribution in [0.3, 0.4) is 0 Å². The molecule has 4 heteroatoms. The Hall–Kier alpha value is -0.870. The molecule has 0 aromatic heterocycles. The summed E-state index contributed by atoms with van der Waals surface area (Å²) in [4.78, 5) is 1.20. The summed E-state index contributed by atoms with van der Waals surface area (Å²) < 4.78 is 10.8. The Morgan fingerprint density at radius 1 is 1.31 bits per heavy atom. The molecule has 88 valence electrons. The summed E-state index contributed by atoms with van der Waals surface area (Å²) in [5, 5.41) is 0. The molecule has 0 saturated carbocycles. The van der Waals surface area contributed by atoms with Gasteiger partial charge in [-0.15, -0.1) is 11.8 Å². The lowest BCUT2D eigenvalue weighted by atomic mass is 10.1. The standard InChI is InChI=1S/C12H17NO2S/c1-12(2,5-6-13)16-9-3-4-10-11(7-9)15-8-14-10/h3-4,7H,5-6,8,13H2,1-2H3. The first-order valence-corrected chi connectivity index (χ1v) is 6.21. The molecule has 1 heterocycles. The van der Waals surface area contributed by atoms with Gasteiger partial charge in [-0.3, -0.25) is 0 Å². The van der Waals surface area contributed by atoms with Crippen LogP contribution >= 0.6 is 11.8 Å². The van der Waals surface area contributed by atoms with Crippen molar-refractivity contribution < 1.29 is 9.47 Å². The summed E-state index contributed by atoms with van der Waals surface area (Å²) in [6.07, 6.45) is 0.992. The minimum atomic E-state index is 0.155. The van der Waals surface area contributed by atoms with E-state index in [9.17, 15) is 0 Å². The van der Waals surface area contributed by atoms with E-state index < -0.39 is 0 Å². The summed E-state index contributed by atoms with van der Waals surface area (Å²) in [7, 11) is 0. The van der Waals surface area contributed by atoms with Gasteiger partial charge < -0.3 is 15.2 Å². The second kappa shape index (κ2) is 4.55. The molecule has 1 aliphatic heterocycles. The van der Waals surface area contributed by atoms with Crippen LogP contribution in [0.25, 0.3) is 0 Å². The van der Waals surface area contributed by atoms with Crippen LogP contribution in [0.1, 0.15) is 20.3 Å². The molecule has 0 amide bonds. The maximum Gasteiger partial charge on any atom is 0.231 e. The van der Waals surface area contributed by atoms with Crippen molar-refractivity contribution in [3.8, 4) is 11.5 Å². The molecule has 1 aromatic rings. The van der Waals surface area contributed by atoms with E-state index in [1.54, 1.807) is 0 Å². The third kappa shape index (κ3) is 2.62. The molecule has 0 spiro atoms. The van der Waals surface area contributed by atoms with E-state index in [0.717, 1.165) is 17.9 Å². The first-order valence-electron chi connectivity index (χ1n) is 5.39. The minimum Gasteiger partial charge on any atom is -0.454 e. The van der Waals surface area contributed by atoms with Crippen LogP contribution in [0.2, 0.25) is 0 Å². The van der Waals surface area contributed by atoms with Gasteiger partial charge in [0, 0.05) is 9.64 Å². The molecule has 0 unspecified atom stereocenters. The Bertz CT molecular complexity index is 379. The zero-order valence-corrected chi connectivity index (χ0v) is 10.5. The Labute approximate surface area is 100 Å². The highest BCUT2D eigenvalue weighted by atomic mass is 32.2. The smallest absolute Gasteiger partial charge is 0.231 e. The lowest BCUT2D eigenvalue weighted by Gasteiger charge is -2.23. The number of hydrogen-bond donors (Lipinski definition) is 1. The van der Waals surface area contributed by atoms with Crippen LogP contribution in [0.5, 0.6) is 11.5 Å².